The molecule has 0 spiro atoms. The molecule has 24 heavy (non-hydrogen) atoms. The van der Waals surface area contributed by atoms with Crippen molar-refractivity contribution in [3.63, 3.8) is 0 Å². The summed E-state index contributed by atoms with van der Waals surface area (Å²) in [6.45, 7) is 7.17. The van der Waals surface area contributed by atoms with Crippen LogP contribution in [-0.4, -0.2) is 23.6 Å². The van der Waals surface area contributed by atoms with Crippen LogP contribution in [0, 0.1) is 5.82 Å². The summed E-state index contributed by atoms with van der Waals surface area (Å²) in [5, 5.41) is 3.45. The van der Waals surface area contributed by atoms with E-state index in [2.05, 4.69) is 35.5 Å². The topological polar surface area (TPSA) is 70.0 Å². The van der Waals surface area contributed by atoms with Crippen molar-refractivity contribution >= 4 is 11.9 Å². The van der Waals surface area contributed by atoms with Crippen LogP contribution in [0.25, 0.3) is 10.4 Å². The van der Waals surface area contributed by atoms with Crippen LogP contribution in [0.4, 0.5) is 8.78 Å². The van der Waals surface area contributed by atoms with Crippen LogP contribution in [0.2, 0.25) is 0 Å². The molecule has 0 saturated carbocycles. The highest BCUT2D eigenvalue weighted by atomic mass is 32.2. The number of halogens is 2. The highest BCUT2D eigenvalue weighted by Gasteiger charge is 2.41. The first-order valence-electron chi connectivity index (χ1n) is 7.71. The van der Waals surface area contributed by atoms with Gasteiger partial charge in [0, 0.05) is 33.2 Å². The van der Waals surface area contributed by atoms with Gasteiger partial charge in [-0.25, -0.2) is 8.78 Å². The highest BCUT2D eigenvalue weighted by molar-refractivity contribution is 7.98. The standard InChI is InChI=1S/C16H22F2N4OS/c1-10(21-24-15(2,3)4)13-6-12(18)5-11-7-16(8-17,9-20-22-19)23-14(11)13/h5-6,10,21H,7-9H2,1-4H3/t10?,16-/m0/s1. The number of hydrogen-bond acceptors (Lipinski definition) is 4. The molecule has 1 unspecified atom stereocenters. The van der Waals surface area contributed by atoms with Crippen molar-refractivity contribution in [1.82, 2.24) is 4.72 Å². The monoisotopic (exact) mass is 356 g/mol. The van der Waals surface area contributed by atoms with E-state index in [1.807, 2.05) is 6.92 Å². The quantitative estimate of drug-likeness (QED) is 0.342. The smallest absolute Gasteiger partial charge is 0.147 e. The van der Waals surface area contributed by atoms with E-state index >= 15 is 0 Å². The molecule has 0 amide bonds. The van der Waals surface area contributed by atoms with Gasteiger partial charge in [-0.3, -0.25) is 4.72 Å². The number of azide groups is 1. The minimum absolute atomic E-state index is 0.00415. The number of benzene rings is 1. The lowest BCUT2D eigenvalue weighted by atomic mass is 9.96. The van der Waals surface area contributed by atoms with E-state index < -0.39 is 12.3 Å². The molecule has 1 heterocycles. The van der Waals surface area contributed by atoms with Crippen molar-refractivity contribution in [1.29, 1.82) is 0 Å². The van der Waals surface area contributed by atoms with Gasteiger partial charge in [-0.05, 0) is 45.4 Å². The zero-order valence-electron chi connectivity index (χ0n) is 14.3. The average molecular weight is 356 g/mol. The molecule has 1 aromatic rings. The minimum atomic E-state index is -1.24. The van der Waals surface area contributed by atoms with E-state index in [0.29, 0.717) is 16.9 Å². The van der Waals surface area contributed by atoms with Gasteiger partial charge in [0.15, 0.2) is 0 Å². The number of nitrogens with one attached hydrogen (secondary N) is 1. The zero-order chi connectivity index (χ0) is 18.0. The Morgan fingerprint density at radius 2 is 2.21 bits per heavy atom. The number of alkyl halides is 1. The number of fused-ring (bicyclic) bond motifs is 1. The van der Waals surface area contributed by atoms with E-state index in [0.717, 1.165) is 0 Å². The Hall–Kier alpha value is -1.50. The fourth-order valence-corrected chi connectivity index (χ4v) is 3.20. The molecule has 0 aromatic heterocycles. The molecular weight excluding hydrogens is 334 g/mol. The minimum Gasteiger partial charge on any atom is -0.483 e. The maximum atomic E-state index is 14.0. The van der Waals surface area contributed by atoms with Gasteiger partial charge in [0.25, 0.3) is 0 Å². The number of rotatable bonds is 6. The molecule has 2 rings (SSSR count). The summed E-state index contributed by atoms with van der Waals surface area (Å²) in [5.41, 5.74) is 8.49. The van der Waals surface area contributed by atoms with Crippen molar-refractivity contribution in [3.8, 4) is 5.75 Å². The molecule has 0 bridgehead atoms. The van der Waals surface area contributed by atoms with Crippen LogP contribution in [0.1, 0.15) is 44.9 Å². The first-order chi connectivity index (χ1) is 11.2. The lowest BCUT2D eigenvalue weighted by Gasteiger charge is -2.26. The van der Waals surface area contributed by atoms with Crippen LogP contribution in [-0.2, 0) is 6.42 Å². The Morgan fingerprint density at radius 1 is 1.50 bits per heavy atom. The Balaban J connectivity index is 2.30. The average Bonchev–Trinajstić information content (AvgIpc) is 2.88. The summed E-state index contributed by atoms with van der Waals surface area (Å²) in [6.07, 6.45) is 0.182. The summed E-state index contributed by atoms with van der Waals surface area (Å²) in [5.74, 6) is 0.0944. The van der Waals surface area contributed by atoms with Gasteiger partial charge < -0.3 is 4.74 Å². The second kappa shape index (κ2) is 7.17. The molecule has 0 saturated heterocycles. The van der Waals surface area contributed by atoms with E-state index in [-0.39, 0.29) is 29.6 Å². The second-order valence-corrected chi connectivity index (χ2v) is 8.69. The van der Waals surface area contributed by atoms with Gasteiger partial charge in [0.05, 0.1) is 6.54 Å². The summed E-state index contributed by atoms with van der Waals surface area (Å²) < 4.78 is 36.7. The molecule has 1 aliphatic rings. The number of nitrogens with zero attached hydrogens (tertiary/aromatic N) is 3. The molecule has 8 heteroatoms. The van der Waals surface area contributed by atoms with Crippen molar-refractivity contribution < 1.29 is 13.5 Å². The van der Waals surface area contributed by atoms with Crippen LogP contribution < -0.4 is 9.46 Å². The molecule has 0 radical (unpaired) electrons. The predicted molar refractivity (Wildman–Crippen MR) is 92.3 cm³/mol. The molecule has 0 fully saturated rings. The van der Waals surface area contributed by atoms with Gasteiger partial charge in [0.1, 0.15) is 23.8 Å². The molecule has 132 valence electrons. The lowest BCUT2D eigenvalue weighted by Crippen LogP contribution is -2.40. The molecule has 1 aromatic carbocycles. The van der Waals surface area contributed by atoms with E-state index in [4.69, 9.17) is 10.3 Å². The first-order valence-corrected chi connectivity index (χ1v) is 8.53. The van der Waals surface area contributed by atoms with Gasteiger partial charge in [-0.1, -0.05) is 17.1 Å². The Kier molecular flexibility index (Phi) is 5.63. The third-order valence-electron chi connectivity index (χ3n) is 3.66. The van der Waals surface area contributed by atoms with Gasteiger partial charge in [-0.2, -0.15) is 0 Å². The number of ether oxygens (including phenoxy) is 1. The molecule has 2 atom stereocenters. The van der Waals surface area contributed by atoms with E-state index in [1.165, 1.54) is 24.1 Å². The Bertz CT molecular complexity index is 658. The summed E-state index contributed by atoms with van der Waals surface area (Å²) in [4.78, 5) is 2.68. The zero-order valence-corrected chi connectivity index (χ0v) is 15.1. The van der Waals surface area contributed by atoms with Crippen molar-refractivity contribution in [2.45, 2.75) is 50.5 Å². The molecule has 1 aliphatic heterocycles. The van der Waals surface area contributed by atoms with Gasteiger partial charge >= 0.3 is 0 Å². The molecule has 5 nitrogen and oxygen atoms in total. The number of hydrogen-bond donors (Lipinski definition) is 1. The third-order valence-corrected chi connectivity index (χ3v) is 4.75. The SMILES string of the molecule is CC(NSC(C)(C)C)c1cc(F)cc2c1O[C@@](CF)(CN=[N+]=[N-])C2. The van der Waals surface area contributed by atoms with Crippen LogP contribution in [0.3, 0.4) is 0 Å². The summed E-state index contributed by atoms with van der Waals surface area (Å²) in [7, 11) is 0. The molecule has 1 N–H and O–H groups in total. The normalized spacial score (nSPS) is 20.9. The maximum absolute atomic E-state index is 14.0. The fraction of sp³-hybridized carbons (Fsp3) is 0.625. The second-order valence-electron chi connectivity index (χ2n) is 7.02. The third kappa shape index (κ3) is 4.32. The summed E-state index contributed by atoms with van der Waals surface area (Å²) in [6, 6.07) is 2.57. The fourth-order valence-electron chi connectivity index (χ4n) is 2.54. The van der Waals surface area contributed by atoms with Crippen molar-refractivity contribution in [2.75, 3.05) is 13.2 Å². The van der Waals surface area contributed by atoms with Crippen LogP contribution >= 0.6 is 11.9 Å². The lowest BCUT2D eigenvalue weighted by molar-refractivity contribution is 0.0719. The summed E-state index contributed by atoms with van der Waals surface area (Å²) >= 11 is 1.54. The molecule has 0 aliphatic carbocycles. The van der Waals surface area contributed by atoms with Gasteiger partial charge in [0.2, 0.25) is 0 Å². The van der Waals surface area contributed by atoms with Crippen molar-refractivity contribution in [3.05, 3.63) is 39.5 Å². The van der Waals surface area contributed by atoms with E-state index in [9.17, 15) is 8.78 Å². The predicted octanol–water partition coefficient (Wildman–Crippen LogP) is 4.88. The highest BCUT2D eigenvalue weighted by Crippen LogP contribution is 2.42. The Morgan fingerprint density at radius 3 is 2.79 bits per heavy atom. The largest absolute Gasteiger partial charge is 0.483 e. The van der Waals surface area contributed by atoms with E-state index in [1.54, 1.807) is 0 Å². The van der Waals surface area contributed by atoms with Crippen molar-refractivity contribution in [2.24, 2.45) is 5.11 Å². The van der Waals surface area contributed by atoms with Crippen LogP contribution in [0.5, 0.6) is 5.75 Å². The first kappa shape index (κ1) is 18.8. The maximum Gasteiger partial charge on any atom is 0.147 e. The molecular formula is C16H22F2N4OS. The Labute approximate surface area is 144 Å². The van der Waals surface area contributed by atoms with Crippen LogP contribution in [0.15, 0.2) is 17.2 Å². The van der Waals surface area contributed by atoms with Gasteiger partial charge in [-0.15, -0.1) is 0 Å².